The summed E-state index contributed by atoms with van der Waals surface area (Å²) in [6.45, 7) is 2.09. The molecule has 0 saturated carbocycles. The third-order valence-electron chi connectivity index (χ3n) is 4.08. The molecule has 0 radical (unpaired) electrons. The van der Waals surface area contributed by atoms with E-state index in [1.54, 1.807) is 68.6 Å². The van der Waals surface area contributed by atoms with E-state index in [1.807, 2.05) is 0 Å². The lowest BCUT2D eigenvalue weighted by Crippen LogP contribution is -2.17. The second kappa shape index (κ2) is 10.1. The van der Waals surface area contributed by atoms with Crippen molar-refractivity contribution in [1.29, 1.82) is 0 Å². The Morgan fingerprint density at radius 3 is 2.53 bits per heavy atom. The van der Waals surface area contributed by atoms with E-state index in [2.05, 4.69) is 33.1 Å². The lowest BCUT2D eigenvalue weighted by Gasteiger charge is -2.05. The molecule has 1 aromatic heterocycles. The first-order valence-electron chi connectivity index (χ1n) is 9.06. The van der Waals surface area contributed by atoms with Gasteiger partial charge in [0.1, 0.15) is 17.3 Å². The van der Waals surface area contributed by atoms with Crippen molar-refractivity contribution in [2.75, 3.05) is 13.7 Å². The molecule has 0 aliphatic carbocycles. The van der Waals surface area contributed by atoms with E-state index < -0.39 is 0 Å². The minimum atomic E-state index is -0.363. The molecule has 0 bridgehead atoms. The number of methoxy groups -OCH3 is 1. The summed E-state index contributed by atoms with van der Waals surface area (Å²) in [5, 5.41) is 3.94. The number of nitrogens with zero attached hydrogens (tertiary/aromatic N) is 1. The summed E-state index contributed by atoms with van der Waals surface area (Å²) in [4.78, 5) is 23.9. The van der Waals surface area contributed by atoms with Crippen LogP contribution in [0.3, 0.4) is 0 Å². The monoisotopic (exact) mass is 518 g/mol. The number of rotatable bonds is 7. The zero-order valence-corrected chi connectivity index (χ0v) is 18.5. The van der Waals surface area contributed by atoms with Crippen LogP contribution in [0.4, 0.5) is 0 Å². The van der Waals surface area contributed by atoms with Crippen LogP contribution < -0.4 is 10.2 Å². The van der Waals surface area contributed by atoms with Gasteiger partial charge < -0.3 is 13.9 Å². The Kier molecular flexibility index (Phi) is 7.23. The number of amides is 1. The number of halogens is 1. The van der Waals surface area contributed by atoms with Crippen molar-refractivity contribution >= 4 is 40.7 Å². The van der Waals surface area contributed by atoms with Crippen LogP contribution in [0.2, 0.25) is 0 Å². The van der Waals surface area contributed by atoms with Gasteiger partial charge in [0.2, 0.25) is 0 Å². The Bertz CT molecular complexity index is 1070. The minimum absolute atomic E-state index is 0.328. The smallest absolute Gasteiger partial charge is 0.338 e. The summed E-state index contributed by atoms with van der Waals surface area (Å²) >= 11 is 2.13. The molecule has 154 valence electrons. The first-order chi connectivity index (χ1) is 14.5. The number of benzene rings is 2. The van der Waals surface area contributed by atoms with Gasteiger partial charge in [-0.3, -0.25) is 4.79 Å². The highest BCUT2D eigenvalue weighted by molar-refractivity contribution is 14.1. The van der Waals surface area contributed by atoms with Crippen LogP contribution >= 0.6 is 22.6 Å². The van der Waals surface area contributed by atoms with E-state index in [9.17, 15) is 9.59 Å². The van der Waals surface area contributed by atoms with Crippen molar-refractivity contribution in [3.8, 4) is 17.1 Å². The maximum absolute atomic E-state index is 12.2. The van der Waals surface area contributed by atoms with Crippen LogP contribution in [0, 0.1) is 3.57 Å². The van der Waals surface area contributed by atoms with Gasteiger partial charge in [0.15, 0.2) is 0 Å². The molecule has 2 aromatic carbocycles. The minimum Gasteiger partial charge on any atom is -0.496 e. The molecule has 30 heavy (non-hydrogen) atoms. The van der Waals surface area contributed by atoms with Gasteiger partial charge >= 0.3 is 5.97 Å². The summed E-state index contributed by atoms with van der Waals surface area (Å²) < 4.78 is 16.8. The number of hydrogen-bond donors (Lipinski definition) is 1. The standard InChI is InChI=1S/C22H19IN2O5/c1-3-29-22(27)15-6-4-14(5-7-15)19-11-9-17(30-19)13-24-25-21(26)16-8-10-18(23)20(12-16)28-2/h4-13H,3H2,1-2H3,(H,25,26)/b24-13-. The quantitative estimate of drug-likeness (QED) is 0.215. The number of carbonyl (C=O) groups is 2. The van der Waals surface area contributed by atoms with Crippen molar-refractivity contribution in [1.82, 2.24) is 5.43 Å². The van der Waals surface area contributed by atoms with Crippen LogP contribution in [-0.2, 0) is 4.74 Å². The Labute approximate surface area is 187 Å². The van der Waals surface area contributed by atoms with Crippen LogP contribution in [-0.4, -0.2) is 31.8 Å². The maximum atomic E-state index is 12.2. The van der Waals surface area contributed by atoms with Crippen LogP contribution in [0.5, 0.6) is 5.75 Å². The van der Waals surface area contributed by atoms with Crippen molar-refractivity contribution < 1.29 is 23.5 Å². The maximum Gasteiger partial charge on any atom is 0.338 e. The van der Waals surface area contributed by atoms with E-state index in [4.69, 9.17) is 13.9 Å². The molecular weight excluding hydrogens is 499 g/mol. The highest BCUT2D eigenvalue weighted by atomic mass is 127. The van der Waals surface area contributed by atoms with Gasteiger partial charge in [-0.25, -0.2) is 10.2 Å². The first-order valence-corrected chi connectivity index (χ1v) is 10.1. The fourth-order valence-electron chi connectivity index (χ4n) is 2.58. The van der Waals surface area contributed by atoms with E-state index in [0.29, 0.717) is 35.0 Å². The Balaban J connectivity index is 1.63. The molecule has 3 aromatic rings. The SMILES string of the molecule is CCOC(=O)c1ccc(-c2ccc(/C=N\NC(=O)c3ccc(I)c(OC)c3)o2)cc1. The summed E-state index contributed by atoms with van der Waals surface area (Å²) in [5.74, 6) is 0.984. The summed E-state index contributed by atoms with van der Waals surface area (Å²) in [5.41, 5.74) is 4.18. The number of furan rings is 1. The molecule has 7 nitrogen and oxygen atoms in total. The average Bonchev–Trinajstić information content (AvgIpc) is 3.23. The molecule has 0 saturated heterocycles. The van der Waals surface area contributed by atoms with E-state index in [-0.39, 0.29) is 11.9 Å². The number of hydrazone groups is 1. The molecule has 3 rings (SSSR count). The molecule has 0 spiro atoms. The Morgan fingerprint density at radius 2 is 1.83 bits per heavy atom. The molecule has 0 aliphatic rings. The zero-order chi connectivity index (χ0) is 21.5. The fraction of sp³-hybridized carbons (Fsp3) is 0.136. The van der Waals surface area contributed by atoms with Gasteiger partial charge in [0.25, 0.3) is 5.91 Å². The van der Waals surface area contributed by atoms with Crippen LogP contribution in [0.25, 0.3) is 11.3 Å². The van der Waals surface area contributed by atoms with Gasteiger partial charge in [-0.1, -0.05) is 12.1 Å². The Hall–Kier alpha value is -3.14. The number of esters is 1. The molecule has 1 heterocycles. The van der Waals surface area contributed by atoms with Crippen molar-refractivity contribution in [2.45, 2.75) is 6.92 Å². The number of ether oxygens (including phenoxy) is 2. The van der Waals surface area contributed by atoms with Gasteiger partial charge in [0, 0.05) is 11.1 Å². The van der Waals surface area contributed by atoms with E-state index in [1.165, 1.54) is 6.21 Å². The van der Waals surface area contributed by atoms with Gasteiger partial charge in [-0.05, 0) is 72.0 Å². The summed E-state index contributed by atoms with van der Waals surface area (Å²) in [6.07, 6.45) is 1.41. The largest absolute Gasteiger partial charge is 0.496 e. The molecule has 1 amide bonds. The van der Waals surface area contributed by atoms with Gasteiger partial charge in [-0.15, -0.1) is 0 Å². The zero-order valence-electron chi connectivity index (χ0n) is 16.3. The van der Waals surface area contributed by atoms with Crippen molar-refractivity contribution in [3.05, 3.63) is 75.1 Å². The lowest BCUT2D eigenvalue weighted by atomic mass is 10.1. The van der Waals surface area contributed by atoms with Gasteiger partial charge in [0.05, 0.1) is 29.1 Å². The van der Waals surface area contributed by atoms with Crippen molar-refractivity contribution in [3.63, 3.8) is 0 Å². The normalized spacial score (nSPS) is 10.8. The summed E-state index contributed by atoms with van der Waals surface area (Å²) in [7, 11) is 1.55. The molecule has 0 unspecified atom stereocenters. The van der Waals surface area contributed by atoms with E-state index >= 15 is 0 Å². The second-order valence-corrected chi connectivity index (χ2v) is 7.21. The topological polar surface area (TPSA) is 90.1 Å². The second-order valence-electron chi connectivity index (χ2n) is 6.05. The summed E-state index contributed by atoms with van der Waals surface area (Å²) in [6, 6.07) is 15.6. The average molecular weight is 518 g/mol. The molecule has 8 heteroatoms. The molecule has 0 aliphatic heterocycles. The molecule has 0 fully saturated rings. The van der Waals surface area contributed by atoms with Crippen LogP contribution in [0.15, 0.2) is 64.1 Å². The highest BCUT2D eigenvalue weighted by Gasteiger charge is 2.10. The number of hydrogen-bond acceptors (Lipinski definition) is 6. The third-order valence-corrected chi connectivity index (χ3v) is 4.97. The van der Waals surface area contributed by atoms with Gasteiger partial charge in [-0.2, -0.15) is 5.10 Å². The van der Waals surface area contributed by atoms with Crippen molar-refractivity contribution in [2.24, 2.45) is 5.10 Å². The van der Waals surface area contributed by atoms with Crippen LogP contribution in [0.1, 0.15) is 33.4 Å². The molecule has 0 atom stereocenters. The van der Waals surface area contributed by atoms with E-state index in [0.717, 1.165) is 9.13 Å². The predicted molar refractivity (Wildman–Crippen MR) is 121 cm³/mol. The Morgan fingerprint density at radius 1 is 1.10 bits per heavy atom. The first kappa shape index (κ1) is 21.6. The molecular formula is C22H19IN2O5. The number of nitrogens with one attached hydrogen (secondary N) is 1. The third kappa shape index (κ3) is 5.26. The number of carbonyl (C=O) groups excluding carboxylic acids is 2. The fourth-order valence-corrected chi connectivity index (χ4v) is 3.14. The highest BCUT2D eigenvalue weighted by Crippen LogP contribution is 2.23. The lowest BCUT2D eigenvalue weighted by molar-refractivity contribution is 0.0526. The molecule has 1 N–H and O–H groups in total. The predicted octanol–water partition coefficient (Wildman–Crippen LogP) is 4.50.